The van der Waals surface area contributed by atoms with Crippen LogP contribution in [0.1, 0.15) is 26.7 Å². The minimum atomic E-state index is -1.04. The fourth-order valence-electron chi connectivity index (χ4n) is 1.29. The van der Waals surface area contributed by atoms with Crippen molar-refractivity contribution in [3.8, 4) is 0 Å². The summed E-state index contributed by atoms with van der Waals surface area (Å²) in [6, 6.07) is 0. The smallest absolute Gasteiger partial charge is 0.360 e. The molecule has 80 valence electrons. The molecule has 1 aliphatic rings. The van der Waals surface area contributed by atoms with E-state index in [-0.39, 0.29) is 12.1 Å². The van der Waals surface area contributed by atoms with Crippen LogP contribution in [-0.4, -0.2) is 18.1 Å². The van der Waals surface area contributed by atoms with E-state index in [2.05, 4.69) is 20.6 Å². The SMILES string of the molecule is CCC(CC)C1NOC(=O)C(=O)ON1. The predicted molar refractivity (Wildman–Crippen MR) is 46.3 cm³/mol. The van der Waals surface area contributed by atoms with Gasteiger partial charge in [0.05, 0.1) is 0 Å². The molecule has 0 aliphatic carbocycles. The Morgan fingerprint density at radius 1 is 1.14 bits per heavy atom. The summed E-state index contributed by atoms with van der Waals surface area (Å²) in [6.45, 7) is 4.01. The van der Waals surface area contributed by atoms with Crippen molar-refractivity contribution in [3.05, 3.63) is 0 Å². The highest BCUT2D eigenvalue weighted by Gasteiger charge is 2.29. The Morgan fingerprint density at radius 2 is 1.57 bits per heavy atom. The molecule has 0 bridgehead atoms. The van der Waals surface area contributed by atoms with E-state index >= 15 is 0 Å². The van der Waals surface area contributed by atoms with E-state index in [0.717, 1.165) is 12.8 Å². The van der Waals surface area contributed by atoms with E-state index in [9.17, 15) is 9.59 Å². The molecule has 6 nitrogen and oxygen atoms in total. The van der Waals surface area contributed by atoms with Crippen molar-refractivity contribution >= 4 is 11.9 Å². The Hall–Kier alpha value is -1.14. The first-order chi connectivity index (χ1) is 6.69. The standard InChI is InChI=1S/C8H14N2O4/c1-3-5(4-2)6-9-13-7(11)8(12)14-10-6/h5-6,9-10H,3-4H2,1-2H3. The first-order valence-corrected chi connectivity index (χ1v) is 4.62. The third kappa shape index (κ3) is 2.43. The molecule has 1 rings (SSSR count). The fourth-order valence-corrected chi connectivity index (χ4v) is 1.29. The molecule has 1 fully saturated rings. The van der Waals surface area contributed by atoms with Crippen LogP contribution in [0, 0.1) is 5.92 Å². The second kappa shape index (κ2) is 4.92. The van der Waals surface area contributed by atoms with Crippen LogP contribution in [0.4, 0.5) is 0 Å². The summed E-state index contributed by atoms with van der Waals surface area (Å²) in [5.41, 5.74) is 4.91. The number of hydrogen-bond acceptors (Lipinski definition) is 6. The molecule has 0 amide bonds. The third-order valence-corrected chi connectivity index (χ3v) is 2.24. The van der Waals surface area contributed by atoms with E-state index in [1.807, 2.05) is 13.8 Å². The number of rotatable bonds is 3. The molecule has 2 N–H and O–H groups in total. The summed E-state index contributed by atoms with van der Waals surface area (Å²) in [5.74, 6) is -1.84. The van der Waals surface area contributed by atoms with Gasteiger partial charge in [-0.2, -0.15) is 0 Å². The van der Waals surface area contributed by atoms with Crippen molar-refractivity contribution in [2.45, 2.75) is 32.9 Å². The van der Waals surface area contributed by atoms with Crippen molar-refractivity contribution in [1.29, 1.82) is 0 Å². The van der Waals surface area contributed by atoms with Crippen molar-refractivity contribution in [1.82, 2.24) is 11.0 Å². The molecule has 1 heterocycles. The third-order valence-electron chi connectivity index (χ3n) is 2.24. The Bertz CT molecular complexity index is 209. The lowest BCUT2D eigenvalue weighted by atomic mass is 10.0. The van der Waals surface area contributed by atoms with Gasteiger partial charge in [0, 0.05) is 0 Å². The monoisotopic (exact) mass is 202 g/mol. The van der Waals surface area contributed by atoms with Gasteiger partial charge in [-0.1, -0.05) is 26.7 Å². The Kier molecular flexibility index (Phi) is 3.84. The number of carbonyl (C=O) groups excluding carboxylic acids is 2. The van der Waals surface area contributed by atoms with Crippen molar-refractivity contribution < 1.29 is 19.3 Å². The first-order valence-electron chi connectivity index (χ1n) is 4.62. The van der Waals surface area contributed by atoms with Gasteiger partial charge in [-0.05, 0) is 5.92 Å². The van der Waals surface area contributed by atoms with E-state index < -0.39 is 11.9 Å². The highest BCUT2D eigenvalue weighted by molar-refractivity contribution is 6.29. The summed E-state index contributed by atoms with van der Waals surface area (Å²) >= 11 is 0. The van der Waals surface area contributed by atoms with Gasteiger partial charge in [0.15, 0.2) is 0 Å². The second-order valence-electron chi connectivity index (χ2n) is 3.07. The molecular weight excluding hydrogens is 188 g/mol. The summed E-state index contributed by atoms with van der Waals surface area (Å²) in [4.78, 5) is 30.5. The van der Waals surface area contributed by atoms with E-state index in [4.69, 9.17) is 0 Å². The van der Waals surface area contributed by atoms with Crippen molar-refractivity contribution in [2.75, 3.05) is 0 Å². The maximum absolute atomic E-state index is 10.8. The minimum absolute atomic E-state index is 0.230. The van der Waals surface area contributed by atoms with Gasteiger partial charge in [0.1, 0.15) is 6.17 Å². The number of carbonyl (C=O) groups is 2. The lowest BCUT2D eigenvalue weighted by molar-refractivity contribution is -0.169. The van der Waals surface area contributed by atoms with Crippen molar-refractivity contribution in [3.63, 3.8) is 0 Å². The quantitative estimate of drug-likeness (QED) is 0.620. The first kappa shape index (κ1) is 10.9. The molecule has 0 aromatic heterocycles. The normalized spacial score (nSPS) is 19.1. The molecule has 0 spiro atoms. The summed E-state index contributed by atoms with van der Waals surface area (Å²) in [5, 5.41) is 0. The Morgan fingerprint density at radius 3 is 1.93 bits per heavy atom. The van der Waals surface area contributed by atoms with Crippen LogP contribution >= 0.6 is 0 Å². The van der Waals surface area contributed by atoms with Gasteiger partial charge in [0.2, 0.25) is 0 Å². The lowest BCUT2D eigenvalue weighted by Gasteiger charge is -2.22. The lowest BCUT2D eigenvalue weighted by Crippen LogP contribution is -2.45. The van der Waals surface area contributed by atoms with Crippen LogP contribution in [0.3, 0.4) is 0 Å². The Balaban J connectivity index is 2.56. The van der Waals surface area contributed by atoms with Gasteiger partial charge >= 0.3 is 11.9 Å². The zero-order chi connectivity index (χ0) is 10.6. The van der Waals surface area contributed by atoms with Gasteiger partial charge in [-0.3, -0.25) is 0 Å². The van der Waals surface area contributed by atoms with E-state index in [1.54, 1.807) is 0 Å². The molecule has 0 saturated carbocycles. The Labute approximate surface area is 81.8 Å². The van der Waals surface area contributed by atoms with E-state index in [0.29, 0.717) is 0 Å². The molecule has 0 unspecified atom stereocenters. The molecule has 0 aromatic carbocycles. The largest absolute Gasteiger partial charge is 0.437 e. The van der Waals surface area contributed by atoms with Gasteiger partial charge in [-0.25, -0.2) is 9.59 Å². The van der Waals surface area contributed by atoms with Crippen LogP contribution in [0.2, 0.25) is 0 Å². The minimum Gasteiger partial charge on any atom is -0.360 e. The van der Waals surface area contributed by atoms with Crippen LogP contribution in [0.5, 0.6) is 0 Å². The number of nitrogens with one attached hydrogen (secondary N) is 2. The molecule has 0 radical (unpaired) electrons. The highest BCUT2D eigenvalue weighted by atomic mass is 16.8. The van der Waals surface area contributed by atoms with Gasteiger partial charge in [-0.15, -0.1) is 11.0 Å². The van der Waals surface area contributed by atoms with E-state index in [1.165, 1.54) is 0 Å². The number of hydroxylamine groups is 2. The predicted octanol–water partition coefficient (Wildman–Crippen LogP) is -0.142. The number of hydrogen-bond donors (Lipinski definition) is 2. The summed E-state index contributed by atoms with van der Waals surface area (Å²) < 4.78 is 0. The van der Waals surface area contributed by atoms with Crippen LogP contribution < -0.4 is 11.0 Å². The summed E-state index contributed by atoms with van der Waals surface area (Å²) in [7, 11) is 0. The van der Waals surface area contributed by atoms with Gasteiger partial charge < -0.3 is 9.68 Å². The fraction of sp³-hybridized carbons (Fsp3) is 0.750. The molecule has 1 saturated heterocycles. The average molecular weight is 202 g/mol. The highest BCUT2D eigenvalue weighted by Crippen LogP contribution is 2.12. The molecule has 0 aromatic rings. The van der Waals surface area contributed by atoms with Crippen LogP contribution in [0.25, 0.3) is 0 Å². The van der Waals surface area contributed by atoms with Crippen molar-refractivity contribution in [2.24, 2.45) is 5.92 Å². The maximum Gasteiger partial charge on any atom is 0.437 e. The second-order valence-corrected chi connectivity index (χ2v) is 3.07. The zero-order valence-electron chi connectivity index (χ0n) is 8.20. The topological polar surface area (TPSA) is 76.7 Å². The molecule has 0 atom stereocenters. The zero-order valence-corrected chi connectivity index (χ0v) is 8.20. The molecule has 14 heavy (non-hydrogen) atoms. The van der Waals surface area contributed by atoms with Gasteiger partial charge in [0.25, 0.3) is 0 Å². The molecule has 6 heteroatoms. The maximum atomic E-state index is 10.8. The summed E-state index contributed by atoms with van der Waals surface area (Å²) in [6.07, 6.45) is 1.42. The van der Waals surface area contributed by atoms with Crippen LogP contribution in [0.15, 0.2) is 0 Å². The molecular formula is C8H14N2O4. The average Bonchev–Trinajstić information content (AvgIpc) is 2.35. The molecule has 1 aliphatic heterocycles. The van der Waals surface area contributed by atoms with Crippen LogP contribution in [-0.2, 0) is 19.3 Å².